The molecule has 0 bridgehead atoms. The van der Waals surface area contributed by atoms with Crippen molar-refractivity contribution in [2.45, 2.75) is 44.2 Å². The lowest BCUT2D eigenvalue weighted by Gasteiger charge is -2.32. The molecule has 1 aliphatic carbocycles. The zero-order valence-electron chi connectivity index (χ0n) is 11.0. The van der Waals surface area contributed by atoms with Crippen LogP contribution in [0.5, 0.6) is 0 Å². The van der Waals surface area contributed by atoms with Crippen molar-refractivity contribution < 1.29 is 4.79 Å². The summed E-state index contributed by atoms with van der Waals surface area (Å²) in [7, 11) is 0. The molecule has 0 aromatic carbocycles. The minimum absolute atomic E-state index is 0.00690. The van der Waals surface area contributed by atoms with Crippen LogP contribution in [0.2, 0.25) is 0 Å². The van der Waals surface area contributed by atoms with Gasteiger partial charge in [-0.2, -0.15) is 5.26 Å². The van der Waals surface area contributed by atoms with Crippen molar-refractivity contribution in [2.24, 2.45) is 0 Å². The Morgan fingerprint density at radius 2 is 2.28 bits per heavy atom. The Balaban J connectivity index is 1.83. The predicted octanol–water partition coefficient (Wildman–Crippen LogP) is 0.233. The molecule has 1 aliphatic heterocycles. The van der Waals surface area contributed by atoms with E-state index in [-0.39, 0.29) is 5.91 Å². The molecule has 2 fully saturated rings. The van der Waals surface area contributed by atoms with Crippen LogP contribution in [0.3, 0.4) is 0 Å². The van der Waals surface area contributed by atoms with Crippen molar-refractivity contribution in [1.82, 2.24) is 15.5 Å². The van der Waals surface area contributed by atoms with Crippen LogP contribution in [0.15, 0.2) is 0 Å². The molecule has 100 valence electrons. The molecule has 0 radical (unpaired) electrons. The van der Waals surface area contributed by atoms with E-state index in [4.69, 9.17) is 0 Å². The first-order valence-corrected chi connectivity index (χ1v) is 6.81. The first-order valence-electron chi connectivity index (χ1n) is 6.81. The summed E-state index contributed by atoms with van der Waals surface area (Å²) < 4.78 is 0. The number of carbonyl (C=O) groups excluding carboxylic acids is 1. The molecule has 1 saturated carbocycles. The molecule has 0 spiro atoms. The van der Waals surface area contributed by atoms with Gasteiger partial charge in [-0.3, -0.25) is 9.69 Å². The summed E-state index contributed by atoms with van der Waals surface area (Å²) >= 11 is 0. The average molecular weight is 250 g/mol. The Morgan fingerprint density at radius 3 is 2.89 bits per heavy atom. The molecule has 1 atom stereocenters. The molecule has 1 unspecified atom stereocenters. The molecular formula is C13H22N4O. The predicted molar refractivity (Wildman–Crippen MR) is 68.9 cm³/mol. The fourth-order valence-corrected chi connectivity index (χ4v) is 2.91. The van der Waals surface area contributed by atoms with Gasteiger partial charge in [0.15, 0.2) is 0 Å². The normalized spacial score (nSPS) is 27.7. The van der Waals surface area contributed by atoms with E-state index < -0.39 is 5.54 Å². The number of nitrogens with zero attached hydrogens (tertiary/aromatic N) is 2. The number of piperazine rings is 1. The average Bonchev–Trinajstić information content (AvgIpc) is 2.78. The number of hydrogen-bond acceptors (Lipinski definition) is 4. The van der Waals surface area contributed by atoms with Crippen molar-refractivity contribution >= 4 is 5.91 Å². The molecule has 0 aromatic heterocycles. The van der Waals surface area contributed by atoms with E-state index in [9.17, 15) is 10.1 Å². The van der Waals surface area contributed by atoms with Crippen LogP contribution in [0, 0.1) is 11.3 Å². The van der Waals surface area contributed by atoms with Crippen LogP contribution in [0.1, 0.15) is 32.6 Å². The first kappa shape index (κ1) is 13.3. The minimum Gasteiger partial charge on any atom is -0.337 e. The highest BCUT2D eigenvalue weighted by atomic mass is 16.2. The van der Waals surface area contributed by atoms with Gasteiger partial charge in [0.1, 0.15) is 5.54 Å². The van der Waals surface area contributed by atoms with E-state index in [0.717, 1.165) is 45.3 Å². The summed E-state index contributed by atoms with van der Waals surface area (Å²) in [6, 6.07) is 2.72. The van der Waals surface area contributed by atoms with Crippen LogP contribution < -0.4 is 10.6 Å². The van der Waals surface area contributed by atoms with Crippen molar-refractivity contribution in [3.63, 3.8) is 0 Å². The zero-order chi connectivity index (χ0) is 13.0. The van der Waals surface area contributed by atoms with Gasteiger partial charge in [-0.05, 0) is 32.6 Å². The Hall–Kier alpha value is -1.12. The fourth-order valence-electron chi connectivity index (χ4n) is 2.91. The molecule has 1 saturated heterocycles. The number of carbonyl (C=O) groups is 1. The molecule has 2 rings (SSSR count). The maximum Gasteiger partial charge on any atom is 0.235 e. The maximum absolute atomic E-state index is 12.0. The summed E-state index contributed by atoms with van der Waals surface area (Å²) in [5.74, 6) is -0.00690. The van der Waals surface area contributed by atoms with Crippen LogP contribution in [0.25, 0.3) is 0 Å². The fraction of sp³-hybridized carbons (Fsp3) is 0.846. The molecule has 1 heterocycles. The van der Waals surface area contributed by atoms with Gasteiger partial charge in [-0.15, -0.1) is 0 Å². The molecule has 1 amide bonds. The lowest BCUT2D eigenvalue weighted by atomic mass is 10.00. The van der Waals surface area contributed by atoms with Gasteiger partial charge in [0, 0.05) is 25.7 Å². The maximum atomic E-state index is 12.0. The molecule has 5 heteroatoms. The van der Waals surface area contributed by atoms with Crippen molar-refractivity contribution in [1.29, 1.82) is 5.26 Å². The van der Waals surface area contributed by atoms with Crippen molar-refractivity contribution in [3.8, 4) is 6.07 Å². The molecule has 0 aromatic rings. The Kier molecular flexibility index (Phi) is 4.20. The topological polar surface area (TPSA) is 68.2 Å². The van der Waals surface area contributed by atoms with E-state index in [0.29, 0.717) is 12.6 Å². The largest absolute Gasteiger partial charge is 0.337 e. The highest BCUT2D eigenvalue weighted by molar-refractivity contribution is 5.79. The summed E-state index contributed by atoms with van der Waals surface area (Å²) in [5, 5.41) is 15.5. The lowest BCUT2D eigenvalue weighted by molar-refractivity contribution is -0.123. The van der Waals surface area contributed by atoms with Gasteiger partial charge in [0.25, 0.3) is 0 Å². The van der Waals surface area contributed by atoms with E-state index in [1.165, 1.54) is 0 Å². The second-order valence-electron chi connectivity index (χ2n) is 5.54. The quantitative estimate of drug-likeness (QED) is 0.752. The highest BCUT2D eigenvalue weighted by Crippen LogP contribution is 2.28. The van der Waals surface area contributed by atoms with Crippen molar-refractivity contribution in [2.75, 3.05) is 26.2 Å². The zero-order valence-corrected chi connectivity index (χ0v) is 11.0. The Morgan fingerprint density at radius 1 is 1.56 bits per heavy atom. The summed E-state index contributed by atoms with van der Waals surface area (Å²) in [6.07, 6.45) is 3.68. The molecular weight excluding hydrogens is 228 g/mol. The minimum atomic E-state index is -0.587. The number of nitriles is 1. The molecule has 18 heavy (non-hydrogen) atoms. The van der Waals surface area contributed by atoms with E-state index >= 15 is 0 Å². The smallest absolute Gasteiger partial charge is 0.235 e. The highest BCUT2D eigenvalue weighted by Gasteiger charge is 2.35. The van der Waals surface area contributed by atoms with Crippen LogP contribution in [0.4, 0.5) is 0 Å². The second kappa shape index (κ2) is 5.68. The van der Waals surface area contributed by atoms with E-state index in [2.05, 4.69) is 28.5 Å². The van der Waals surface area contributed by atoms with E-state index in [1.54, 1.807) is 0 Å². The van der Waals surface area contributed by atoms with Gasteiger partial charge in [-0.25, -0.2) is 0 Å². The lowest BCUT2D eigenvalue weighted by Crippen LogP contribution is -2.54. The summed E-state index contributed by atoms with van der Waals surface area (Å²) in [6.45, 7) is 5.26. The van der Waals surface area contributed by atoms with Crippen LogP contribution in [-0.4, -0.2) is 48.6 Å². The number of amides is 1. The van der Waals surface area contributed by atoms with Gasteiger partial charge in [0.2, 0.25) is 5.91 Å². The number of nitrogens with one attached hydrogen (secondary N) is 2. The monoisotopic (exact) mass is 250 g/mol. The Bertz CT molecular complexity index is 343. The molecule has 2 N–H and O–H groups in total. The van der Waals surface area contributed by atoms with Crippen molar-refractivity contribution in [3.05, 3.63) is 0 Å². The standard InChI is InChI=1S/C13H22N4O/c1-11-8-17(7-6-15-11)9-12(18)16-13(10-14)4-2-3-5-13/h11,15H,2-9H2,1H3,(H,16,18). The third-order valence-corrected chi connectivity index (χ3v) is 3.87. The number of hydrogen-bond donors (Lipinski definition) is 2. The van der Waals surface area contributed by atoms with Crippen LogP contribution in [-0.2, 0) is 4.79 Å². The van der Waals surface area contributed by atoms with E-state index in [1.807, 2.05) is 0 Å². The molecule has 5 nitrogen and oxygen atoms in total. The SMILES string of the molecule is CC1CN(CC(=O)NC2(C#N)CCCC2)CCN1. The summed E-state index contributed by atoms with van der Waals surface area (Å²) in [4.78, 5) is 14.2. The number of rotatable bonds is 3. The van der Waals surface area contributed by atoms with Gasteiger partial charge in [-0.1, -0.05) is 0 Å². The summed E-state index contributed by atoms with van der Waals surface area (Å²) in [5.41, 5.74) is -0.587. The van der Waals surface area contributed by atoms with Gasteiger partial charge >= 0.3 is 0 Å². The third-order valence-electron chi connectivity index (χ3n) is 3.87. The first-order chi connectivity index (χ1) is 8.63. The molecule has 2 aliphatic rings. The Labute approximate surface area is 109 Å². The van der Waals surface area contributed by atoms with Gasteiger partial charge < -0.3 is 10.6 Å². The third kappa shape index (κ3) is 3.21. The van der Waals surface area contributed by atoms with Crippen LogP contribution >= 0.6 is 0 Å². The second-order valence-corrected chi connectivity index (χ2v) is 5.54. The van der Waals surface area contributed by atoms with Gasteiger partial charge in [0.05, 0.1) is 12.6 Å².